The first-order valence-electron chi connectivity index (χ1n) is 3.39. The Bertz CT molecular complexity index is 116. The van der Waals surface area contributed by atoms with E-state index >= 15 is 0 Å². The summed E-state index contributed by atoms with van der Waals surface area (Å²) in [7, 11) is 0. The summed E-state index contributed by atoms with van der Waals surface area (Å²) in [6, 6.07) is 0. The zero-order chi connectivity index (χ0) is 7.40. The van der Waals surface area contributed by atoms with Crippen molar-refractivity contribution in [2.24, 2.45) is 0 Å². The van der Waals surface area contributed by atoms with Gasteiger partial charge in [-0.1, -0.05) is 0 Å². The maximum atomic E-state index is 10.6. The average molecular weight is 143 g/mol. The lowest BCUT2D eigenvalue weighted by Crippen LogP contribution is -2.16. The summed E-state index contributed by atoms with van der Waals surface area (Å²) in [5.74, 6) is -0.240. The number of hydrogen-bond donors (Lipinski definition) is 0. The van der Waals surface area contributed by atoms with Crippen molar-refractivity contribution in [2.75, 3.05) is 13.2 Å². The molecule has 0 spiro atoms. The van der Waals surface area contributed by atoms with Crippen LogP contribution in [0.2, 0.25) is 0 Å². The molecule has 3 heteroatoms. The van der Waals surface area contributed by atoms with E-state index in [4.69, 9.17) is 9.47 Å². The summed E-state index contributed by atoms with van der Waals surface area (Å²) in [6.07, 6.45) is 1.01. The number of ether oxygens (including phenoxy) is 2. The first kappa shape index (κ1) is 7.54. The Morgan fingerprint density at radius 1 is 1.80 bits per heavy atom. The molecule has 1 unspecified atom stereocenters. The highest BCUT2D eigenvalue weighted by atomic mass is 16.6. The summed E-state index contributed by atoms with van der Waals surface area (Å²) in [5.41, 5.74) is 0. The highest BCUT2D eigenvalue weighted by Crippen LogP contribution is 2.08. The second-order valence-corrected chi connectivity index (χ2v) is 2.23. The Balaban J connectivity index is 2.17. The Labute approximate surface area is 60.3 Å². The molecule has 57 valence electrons. The summed E-state index contributed by atoms with van der Waals surface area (Å²) >= 11 is 0. The molecule has 0 aromatic rings. The van der Waals surface area contributed by atoms with Crippen molar-refractivity contribution in [3.8, 4) is 0 Å². The molecular formula is C7H11O3. The maximum absolute atomic E-state index is 10.6. The SMILES string of the molecule is [CH2]CC(=O)OC1CCOC1. The highest BCUT2D eigenvalue weighted by molar-refractivity contribution is 5.70. The van der Waals surface area contributed by atoms with Gasteiger partial charge in [0.1, 0.15) is 6.10 Å². The third kappa shape index (κ3) is 1.99. The molecule has 1 atom stereocenters. The average Bonchev–Trinajstić information content (AvgIpc) is 2.40. The van der Waals surface area contributed by atoms with Gasteiger partial charge in [0.2, 0.25) is 0 Å². The van der Waals surface area contributed by atoms with Crippen LogP contribution in [-0.4, -0.2) is 25.3 Å². The standard InChI is InChI=1S/C7H11O3/c1-2-7(8)10-6-3-4-9-5-6/h6H,1-5H2. The largest absolute Gasteiger partial charge is 0.460 e. The molecule has 0 N–H and O–H groups in total. The van der Waals surface area contributed by atoms with Crippen LogP contribution in [0.4, 0.5) is 0 Å². The fraction of sp³-hybridized carbons (Fsp3) is 0.714. The van der Waals surface area contributed by atoms with E-state index in [2.05, 4.69) is 6.92 Å². The van der Waals surface area contributed by atoms with Crippen LogP contribution in [0.15, 0.2) is 0 Å². The molecule has 1 aliphatic rings. The van der Waals surface area contributed by atoms with Gasteiger partial charge < -0.3 is 9.47 Å². The second kappa shape index (κ2) is 3.56. The van der Waals surface area contributed by atoms with Crippen molar-refractivity contribution in [3.05, 3.63) is 6.92 Å². The van der Waals surface area contributed by atoms with E-state index in [9.17, 15) is 4.79 Å². The third-order valence-electron chi connectivity index (χ3n) is 1.39. The van der Waals surface area contributed by atoms with Crippen LogP contribution in [0, 0.1) is 6.92 Å². The smallest absolute Gasteiger partial charge is 0.306 e. The van der Waals surface area contributed by atoms with Gasteiger partial charge in [0, 0.05) is 12.8 Å². The van der Waals surface area contributed by atoms with Crippen LogP contribution in [0.5, 0.6) is 0 Å². The summed E-state index contributed by atoms with van der Waals surface area (Å²) < 4.78 is 9.94. The van der Waals surface area contributed by atoms with Gasteiger partial charge in [0.05, 0.1) is 13.2 Å². The van der Waals surface area contributed by atoms with Crippen LogP contribution < -0.4 is 0 Å². The lowest BCUT2D eigenvalue weighted by atomic mass is 10.3. The van der Waals surface area contributed by atoms with Gasteiger partial charge in [-0.15, -0.1) is 0 Å². The van der Waals surface area contributed by atoms with E-state index in [-0.39, 0.29) is 18.5 Å². The molecule has 0 saturated carbocycles. The Morgan fingerprint density at radius 3 is 3.10 bits per heavy atom. The number of carbonyl (C=O) groups is 1. The molecule has 1 fully saturated rings. The topological polar surface area (TPSA) is 35.5 Å². The minimum Gasteiger partial charge on any atom is -0.460 e. The van der Waals surface area contributed by atoms with Gasteiger partial charge in [0.25, 0.3) is 0 Å². The fourth-order valence-electron chi connectivity index (χ4n) is 0.851. The van der Waals surface area contributed by atoms with Crippen molar-refractivity contribution in [1.29, 1.82) is 0 Å². The van der Waals surface area contributed by atoms with Crippen molar-refractivity contribution >= 4 is 5.97 Å². The van der Waals surface area contributed by atoms with Crippen LogP contribution in [0.1, 0.15) is 12.8 Å². The maximum Gasteiger partial charge on any atom is 0.306 e. The van der Waals surface area contributed by atoms with Crippen LogP contribution >= 0.6 is 0 Å². The second-order valence-electron chi connectivity index (χ2n) is 2.23. The van der Waals surface area contributed by atoms with E-state index in [1.165, 1.54) is 0 Å². The minimum absolute atomic E-state index is 0.0192. The van der Waals surface area contributed by atoms with Crippen molar-refractivity contribution in [1.82, 2.24) is 0 Å². The normalized spacial score (nSPS) is 24.7. The lowest BCUT2D eigenvalue weighted by molar-refractivity contribution is -0.147. The molecule has 0 aromatic heterocycles. The third-order valence-corrected chi connectivity index (χ3v) is 1.39. The van der Waals surface area contributed by atoms with Crippen molar-refractivity contribution < 1.29 is 14.3 Å². The quantitative estimate of drug-likeness (QED) is 0.529. The van der Waals surface area contributed by atoms with E-state index in [1.54, 1.807) is 0 Å². The zero-order valence-electron chi connectivity index (χ0n) is 5.84. The lowest BCUT2D eigenvalue weighted by Gasteiger charge is -2.07. The molecule has 1 rings (SSSR count). The molecule has 1 aliphatic heterocycles. The zero-order valence-corrected chi connectivity index (χ0v) is 5.84. The molecule has 1 heterocycles. The highest BCUT2D eigenvalue weighted by Gasteiger charge is 2.18. The monoisotopic (exact) mass is 143 g/mol. The van der Waals surface area contributed by atoms with Gasteiger partial charge in [-0.05, 0) is 6.92 Å². The first-order chi connectivity index (χ1) is 4.83. The minimum atomic E-state index is -0.240. The molecule has 0 aliphatic carbocycles. The first-order valence-corrected chi connectivity index (χ1v) is 3.39. The van der Waals surface area contributed by atoms with Crippen LogP contribution in [-0.2, 0) is 14.3 Å². The summed E-state index contributed by atoms with van der Waals surface area (Å²) in [5, 5.41) is 0. The molecule has 1 radical (unpaired) electrons. The molecule has 0 aromatic carbocycles. The van der Waals surface area contributed by atoms with Gasteiger partial charge in [-0.25, -0.2) is 0 Å². The van der Waals surface area contributed by atoms with Gasteiger partial charge in [-0.3, -0.25) is 4.79 Å². The van der Waals surface area contributed by atoms with Gasteiger partial charge in [0.15, 0.2) is 0 Å². The predicted molar refractivity (Wildman–Crippen MR) is 35.3 cm³/mol. The van der Waals surface area contributed by atoms with E-state index in [1.807, 2.05) is 0 Å². The van der Waals surface area contributed by atoms with Crippen molar-refractivity contribution in [2.45, 2.75) is 18.9 Å². The molecule has 0 bridgehead atoms. The Hall–Kier alpha value is -0.570. The van der Waals surface area contributed by atoms with Crippen molar-refractivity contribution in [3.63, 3.8) is 0 Å². The Kier molecular flexibility index (Phi) is 2.68. The number of carbonyl (C=O) groups excluding carboxylic acids is 1. The predicted octanol–water partition coefficient (Wildman–Crippen LogP) is 0.543. The molecule has 3 nitrogen and oxygen atoms in total. The number of esters is 1. The molecule has 0 amide bonds. The summed E-state index contributed by atoms with van der Waals surface area (Å²) in [6.45, 7) is 4.66. The van der Waals surface area contributed by atoms with E-state index in [0.29, 0.717) is 13.2 Å². The fourth-order valence-corrected chi connectivity index (χ4v) is 0.851. The van der Waals surface area contributed by atoms with E-state index in [0.717, 1.165) is 6.42 Å². The van der Waals surface area contributed by atoms with Gasteiger partial charge >= 0.3 is 5.97 Å². The number of hydrogen-bond acceptors (Lipinski definition) is 3. The Morgan fingerprint density at radius 2 is 2.60 bits per heavy atom. The summed E-state index contributed by atoms with van der Waals surface area (Å²) in [4.78, 5) is 10.6. The van der Waals surface area contributed by atoms with E-state index < -0.39 is 0 Å². The van der Waals surface area contributed by atoms with Crippen LogP contribution in [0.25, 0.3) is 0 Å². The molecule has 1 saturated heterocycles. The van der Waals surface area contributed by atoms with Crippen LogP contribution in [0.3, 0.4) is 0 Å². The number of rotatable bonds is 2. The molecule has 10 heavy (non-hydrogen) atoms. The molecular weight excluding hydrogens is 132 g/mol. The van der Waals surface area contributed by atoms with Gasteiger partial charge in [-0.2, -0.15) is 0 Å².